The van der Waals surface area contributed by atoms with Crippen molar-refractivity contribution in [2.24, 2.45) is 0 Å². The molecule has 1 unspecified atom stereocenters. The molecule has 3 atom stereocenters. The Bertz CT molecular complexity index is 911. The monoisotopic (exact) mass is 372 g/mol. The molecule has 0 aliphatic carbocycles. The van der Waals surface area contributed by atoms with Crippen LogP contribution in [0.4, 0.5) is 0 Å². The second-order valence-electron chi connectivity index (χ2n) is 7.48. The van der Waals surface area contributed by atoms with Crippen molar-refractivity contribution < 1.29 is 34.7 Å². The number of phenolic OH excluding ortho intramolecular Hbond substituents is 2. The number of aliphatic hydroxyl groups excluding tert-OH is 1. The lowest BCUT2D eigenvalue weighted by Crippen LogP contribution is -2.39. The van der Waals surface area contributed by atoms with Gasteiger partial charge in [0.2, 0.25) is 5.78 Å². The normalized spacial score (nSPS) is 24.0. The lowest BCUT2D eigenvalue weighted by Gasteiger charge is -2.31. The van der Waals surface area contributed by atoms with E-state index in [0.29, 0.717) is 23.3 Å². The van der Waals surface area contributed by atoms with Crippen molar-refractivity contribution in [3.05, 3.63) is 47.0 Å². The molecule has 2 heterocycles. The Balaban J connectivity index is 1.80. The van der Waals surface area contributed by atoms with Gasteiger partial charge in [-0.25, -0.2) is 0 Å². The number of carbonyl (C=O) groups excluding carboxylic acids is 1. The molecule has 7 heteroatoms. The van der Waals surface area contributed by atoms with Crippen molar-refractivity contribution in [1.82, 2.24) is 0 Å². The molecular formula is C20H20O7. The van der Waals surface area contributed by atoms with Crippen molar-refractivity contribution in [2.45, 2.75) is 44.2 Å². The Kier molecular flexibility index (Phi) is 3.83. The molecule has 0 bridgehead atoms. The van der Waals surface area contributed by atoms with Gasteiger partial charge in [0.25, 0.3) is 0 Å². The van der Waals surface area contributed by atoms with Crippen LogP contribution in [0.15, 0.2) is 30.3 Å². The molecule has 0 saturated carbocycles. The van der Waals surface area contributed by atoms with E-state index >= 15 is 0 Å². The minimum absolute atomic E-state index is 0.0516. The van der Waals surface area contributed by atoms with Gasteiger partial charge in [-0.3, -0.25) is 4.79 Å². The quantitative estimate of drug-likeness (QED) is 0.636. The number of aromatic hydroxyl groups is 2. The van der Waals surface area contributed by atoms with E-state index in [9.17, 15) is 25.2 Å². The Morgan fingerprint density at radius 2 is 1.78 bits per heavy atom. The molecule has 4 N–H and O–H groups in total. The molecule has 0 aromatic heterocycles. The van der Waals surface area contributed by atoms with Gasteiger partial charge >= 0.3 is 0 Å². The predicted octanol–water partition coefficient (Wildman–Crippen LogP) is 1.85. The van der Waals surface area contributed by atoms with Crippen LogP contribution in [0.3, 0.4) is 0 Å². The number of rotatable bonds is 2. The SMILES string of the molecule is CC(C)(O)C1Cc2c(cc(O)c3c2O[C@H](c2ccc(O)cc2)[C@@H](O)C3=O)O1. The molecule has 0 amide bonds. The summed E-state index contributed by atoms with van der Waals surface area (Å²) in [6.45, 7) is 3.23. The molecule has 7 nitrogen and oxygen atoms in total. The highest BCUT2D eigenvalue weighted by atomic mass is 16.5. The van der Waals surface area contributed by atoms with E-state index in [0.717, 1.165) is 0 Å². The molecular weight excluding hydrogens is 352 g/mol. The summed E-state index contributed by atoms with van der Waals surface area (Å²) in [4.78, 5) is 12.7. The van der Waals surface area contributed by atoms with E-state index in [2.05, 4.69) is 0 Å². The van der Waals surface area contributed by atoms with E-state index in [1.165, 1.54) is 18.2 Å². The van der Waals surface area contributed by atoms with Gasteiger partial charge in [-0.1, -0.05) is 12.1 Å². The molecule has 2 aliphatic rings. The number of fused-ring (bicyclic) bond motifs is 3. The van der Waals surface area contributed by atoms with E-state index in [1.807, 2.05) is 0 Å². The number of hydrogen-bond donors (Lipinski definition) is 4. The Labute approximate surface area is 155 Å². The first-order valence-electron chi connectivity index (χ1n) is 8.62. The minimum atomic E-state index is -1.50. The Morgan fingerprint density at radius 3 is 2.41 bits per heavy atom. The second kappa shape index (κ2) is 5.87. The van der Waals surface area contributed by atoms with Gasteiger partial charge in [0.15, 0.2) is 12.2 Å². The number of benzene rings is 2. The molecule has 2 aromatic carbocycles. The van der Waals surface area contributed by atoms with Crippen LogP contribution in [-0.4, -0.2) is 44.0 Å². The Morgan fingerprint density at radius 1 is 1.11 bits per heavy atom. The topological polar surface area (TPSA) is 116 Å². The molecule has 142 valence electrons. The van der Waals surface area contributed by atoms with Crippen molar-refractivity contribution in [3.8, 4) is 23.0 Å². The third kappa shape index (κ3) is 2.79. The standard InChI is InChI=1S/C20H20O7/c1-20(2,25)14-7-11-13(26-14)8-12(22)15-16(23)17(24)18(27-19(11)15)9-3-5-10(21)6-4-9/h3-6,8,14,17-18,21-22,24-25H,7H2,1-2H3/t14?,17-,18+/m0/s1. The summed E-state index contributed by atoms with van der Waals surface area (Å²) in [6, 6.07) is 7.30. The van der Waals surface area contributed by atoms with Crippen LogP contribution < -0.4 is 9.47 Å². The Hall–Kier alpha value is -2.77. The zero-order valence-electron chi connectivity index (χ0n) is 14.8. The average molecular weight is 372 g/mol. The lowest BCUT2D eigenvalue weighted by atomic mass is 9.89. The molecule has 4 rings (SSSR count). The maximum absolute atomic E-state index is 12.7. The van der Waals surface area contributed by atoms with Gasteiger partial charge in [0.1, 0.15) is 34.7 Å². The van der Waals surface area contributed by atoms with E-state index in [-0.39, 0.29) is 22.8 Å². The summed E-state index contributed by atoms with van der Waals surface area (Å²) < 4.78 is 11.7. The maximum atomic E-state index is 12.7. The maximum Gasteiger partial charge on any atom is 0.202 e. The third-order valence-corrected chi connectivity index (χ3v) is 5.04. The van der Waals surface area contributed by atoms with Gasteiger partial charge in [-0.2, -0.15) is 0 Å². The fourth-order valence-corrected chi connectivity index (χ4v) is 3.49. The summed E-state index contributed by atoms with van der Waals surface area (Å²) in [6.07, 6.45) is -2.75. The third-order valence-electron chi connectivity index (χ3n) is 5.04. The smallest absolute Gasteiger partial charge is 0.202 e. The van der Waals surface area contributed by atoms with Gasteiger partial charge < -0.3 is 29.9 Å². The van der Waals surface area contributed by atoms with Crippen LogP contribution in [0, 0.1) is 0 Å². The van der Waals surface area contributed by atoms with Crippen molar-refractivity contribution >= 4 is 5.78 Å². The summed E-state index contributed by atoms with van der Waals surface area (Å²) in [7, 11) is 0. The minimum Gasteiger partial charge on any atom is -0.508 e. The number of phenols is 2. The van der Waals surface area contributed by atoms with Crippen LogP contribution in [0.25, 0.3) is 0 Å². The highest BCUT2D eigenvalue weighted by molar-refractivity contribution is 6.06. The first-order valence-corrected chi connectivity index (χ1v) is 8.62. The van der Waals surface area contributed by atoms with Crippen LogP contribution in [0.5, 0.6) is 23.0 Å². The number of carbonyl (C=O) groups is 1. The van der Waals surface area contributed by atoms with Crippen LogP contribution in [-0.2, 0) is 6.42 Å². The first kappa shape index (κ1) is 17.6. The zero-order chi connectivity index (χ0) is 19.5. The van der Waals surface area contributed by atoms with Crippen molar-refractivity contribution in [2.75, 3.05) is 0 Å². The molecule has 0 saturated heterocycles. The van der Waals surface area contributed by atoms with Crippen LogP contribution in [0.2, 0.25) is 0 Å². The van der Waals surface area contributed by atoms with E-state index in [1.54, 1.807) is 26.0 Å². The van der Waals surface area contributed by atoms with Gasteiger partial charge in [-0.05, 0) is 31.5 Å². The highest BCUT2D eigenvalue weighted by Crippen LogP contribution is 2.49. The first-order chi connectivity index (χ1) is 12.7. The largest absolute Gasteiger partial charge is 0.508 e. The summed E-state index contributed by atoms with van der Waals surface area (Å²) in [5, 5.41) is 40.5. The van der Waals surface area contributed by atoms with E-state index in [4.69, 9.17) is 9.47 Å². The number of ether oxygens (including phenoxy) is 2. The molecule has 0 spiro atoms. The summed E-state index contributed by atoms with van der Waals surface area (Å²) in [5.41, 5.74) is -0.139. The van der Waals surface area contributed by atoms with E-state index < -0.39 is 29.7 Å². The van der Waals surface area contributed by atoms with Crippen molar-refractivity contribution in [1.29, 1.82) is 0 Å². The van der Waals surface area contributed by atoms with Crippen LogP contribution >= 0.6 is 0 Å². The number of Topliss-reactive ketones (excluding diaryl/α,β-unsaturated/α-hetero) is 1. The second-order valence-corrected chi connectivity index (χ2v) is 7.48. The summed E-state index contributed by atoms with van der Waals surface area (Å²) in [5.74, 6) is -0.442. The highest BCUT2D eigenvalue weighted by Gasteiger charge is 2.44. The fraction of sp³-hybridized carbons (Fsp3) is 0.350. The molecule has 2 aromatic rings. The number of aliphatic hydroxyl groups is 2. The lowest BCUT2D eigenvalue weighted by molar-refractivity contribution is -0.0230. The van der Waals surface area contributed by atoms with Gasteiger partial charge in [0.05, 0.1) is 5.60 Å². The summed E-state index contributed by atoms with van der Waals surface area (Å²) >= 11 is 0. The average Bonchev–Trinajstić information content (AvgIpc) is 3.03. The predicted molar refractivity (Wildman–Crippen MR) is 94.3 cm³/mol. The van der Waals surface area contributed by atoms with Crippen LogP contribution in [0.1, 0.15) is 41.4 Å². The van der Waals surface area contributed by atoms with Crippen molar-refractivity contribution in [3.63, 3.8) is 0 Å². The molecule has 27 heavy (non-hydrogen) atoms. The number of ketones is 1. The molecule has 0 radical (unpaired) electrons. The van der Waals surface area contributed by atoms with Gasteiger partial charge in [0, 0.05) is 18.1 Å². The molecule has 0 fully saturated rings. The zero-order valence-corrected chi connectivity index (χ0v) is 14.8. The fourth-order valence-electron chi connectivity index (χ4n) is 3.49. The van der Waals surface area contributed by atoms with Gasteiger partial charge in [-0.15, -0.1) is 0 Å². The molecule has 2 aliphatic heterocycles. The number of hydrogen-bond acceptors (Lipinski definition) is 7.